The van der Waals surface area contributed by atoms with E-state index in [1.54, 1.807) is 26.5 Å². The Morgan fingerprint density at radius 3 is 1.64 bits per heavy atom. The van der Waals surface area contributed by atoms with Crippen molar-refractivity contribution in [3.05, 3.63) is 108 Å². The fourth-order valence-electron chi connectivity index (χ4n) is 4.99. The molecule has 0 fully saturated rings. The van der Waals surface area contributed by atoms with Crippen LogP contribution in [0.1, 0.15) is 56.4 Å². The molecule has 0 aliphatic carbocycles. The Bertz CT molecular complexity index is 1860. The van der Waals surface area contributed by atoms with Crippen molar-refractivity contribution in [2.75, 3.05) is 14.2 Å². The van der Waals surface area contributed by atoms with Crippen LogP contribution in [0.15, 0.2) is 85.2 Å². The number of alkyl halides is 1. The standard InChI is InChI=1S/C18H22N4O.C10H12ClN3.C8H11NO.C2H3N/c1-3-11-22-17(21-16-5-4-10-20-18(16)22)13-19-12-14-6-8-15(23-2)9-7-14;1-2-6-14-9(7-11)13-8-4-3-5-12-10(8)14;1-10-8-4-2-7(6-9)3-5-8;1-2-3/h4-10,19H,3,11-13H2,1-2H3;3-5H,2,6-7H2,1H3;2-5H,6,9H2,1H3;1H3. The molecule has 11 nitrogen and oxygen atoms in total. The number of nitriles is 1. The molecule has 0 unspecified atom stereocenters. The minimum Gasteiger partial charge on any atom is -0.497 e. The van der Waals surface area contributed by atoms with Gasteiger partial charge in [0.15, 0.2) is 11.3 Å². The lowest BCUT2D eigenvalue weighted by Gasteiger charge is -2.09. The van der Waals surface area contributed by atoms with Crippen molar-refractivity contribution in [3.8, 4) is 17.6 Å². The van der Waals surface area contributed by atoms with Crippen molar-refractivity contribution in [1.82, 2.24) is 34.4 Å². The third-order valence-electron chi connectivity index (χ3n) is 7.35. The SMILES string of the molecule is CC#N.CCCn1c(CCl)nc2cccnc21.CCCn1c(CNCc2ccc(OC)cc2)nc2cccnc21.COc1ccc(CN)cc1. The summed E-state index contributed by atoms with van der Waals surface area (Å²) >= 11 is 5.83. The topological polar surface area (TPSA) is 142 Å². The Balaban J connectivity index is 0.000000213. The summed E-state index contributed by atoms with van der Waals surface area (Å²) in [6.07, 6.45) is 5.73. The summed E-state index contributed by atoms with van der Waals surface area (Å²) in [5, 5.41) is 10.8. The lowest BCUT2D eigenvalue weighted by Crippen LogP contribution is -2.17. The van der Waals surface area contributed by atoms with Gasteiger partial charge in [0.25, 0.3) is 0 Å². The molecule has 0 spiro atoms. The molecule has 4 heterocycles. The molecule has 0 radical (unpaired) electrons. The first kappa shape index (κ1) is 39.4. The first-order chi connectivity index (χ1) is 24.5. The normalized spacial score (nSPS) is 10.2. The van der Waals surface area contributed by atoms with Gasteiger partial charge in [-0.3, -0.25) is 0 Å². The Kier molecular flexibility index (Phi) is 17.2. The zero-order valence-electron chi connectivity index (χ0n) is 29.6. The van der Waals surface area contributed by atoms with E-state index in [9.17, 15) is 0 Å². The Morgan fingerprint density at radius 2 is 1.20 bits per heavy atom. The third-order valence-corrected chi connectivity index (χ3v) is 7.58. The van der Waals surface area contributed by atoms with Crippen LogP contribution in [0.5, 0.6) is 11.5 Å². The molecule has 2 aromatic carbocycles. The molecule has 0 aliphatic rings. The van der Waals surface area contributed by atoms with Crippen molar-refractivity contribution in [1.29, 1.82) is 5.26 Å². The Morgan fingerprint density at radius 1 is 0.740 bits per heavy atom. The lowest BCUT2D eigenvalue weighted by atomic mass is 10.2. The predicted octanol–water partition coefficient (Wildman–Crippen LogP) is 7.40. The molecule has 6 rings (SSSR count). The lowest BCUT2D eigenvalue weighted by molar-refractivity contribution is 0.414. The summed E-state index contributed by atoms with van der Waals surface area (Å²) < 4.78 is 14.4. The number of nitrogens with one attached hydrogen (secondary N) is 1. The smallest absolute Gasteiger partial charge is 0.160 e. The molecule has 0 aliphatic heterocycles. The molecular weight excluding hydrogens is 650 g/mol. The molecule has 0 atom stereocenters. The Hall–Kier alpha value is -5.02. The highest BCUT2D eigenvalue weighted by atomic mass is 35.5. The van der Waals surface area contributed by atoms with Crippen LogP contribution in [0.2, 0.25) is 0 Å². The molecule has 0 saturated heterocycles. The number of nitrogens with two attached hydrogens (primary N) is 1. The second-order valence-electron chi connectivity index (χ2n) is 10.9. The average Bonchev–Trinajstić information content (AvgIpc) is 3.70. The van der Waals surface area contributed by atoms with Crippen LogP contribution in [0.3, 0.4) is 0 Å². The van der Waals surface area contributed by atoms with Crippen LogP contribution in [-0.2, 0) is 38.6 Å². The molecule has 4 aromatic heterocycles. The molecule has 0 bridgehead atoms. The number of benzene rings is 2. The number of fused-ring (bicyclic) bond motifs is 2. The predicted molar refractivity (Wildman–Crippen MR) is 201 cm³/mol. The van der Waals surface area contributed by atoms with E-state index in [-0.39, 0.29) is 0 Å². The second-order valence-corrected chi connectivity index (χ2v) is 11.2. The van der Waals surface area contributed by atoms with Crippen LogP contribution in [0.25, 0.3) is 22.3 Å². The zero-order chi connectivity index (χ0) is 36.1. The monoisotopic (exact) mass is 697 g/mol. The van der Waals surface area contributed by atoms with E-state index in [2.05, 4.69) is 55.4 Å². The molecule has 12 heteroatoms. The van der Waals surface area contributed by atoms with Gasteiger partial charge in [0.2, 0.25) is 0 Å². The van der Waals surface area contributed by atoms with Gasteiger partial charge in [-0.25, -0.2) is 19.9 Å². The van der Waals surface area contributed by atoms with Gasteiger partial charge in [0.1, 0.15) is 34.2 Å². The highest BCUT2D eigenvalue weighted by molar-refractivity contribution is 6.16. The highest BCUT2D eigenvalue weighted by Crippen LogP contribution is 2.17. The second kappa shape index (κ2) is 21.8. The highest BCUT2D eigenvalue weighted by Gasteiger charge is 2.11. The Labute approximate surface area is 300 Å². The number of nitrogens with zero attached hydrogens (tertiary/aromatic N) is 7. The minimum atomic E-state index is 0.441. The zero-order valence-corrected chi connectivity index (χ0v) is 30.4. The average molecular weight is 698 g/mol. The van der Waals surface area contributed by atoms with E-state index >= 15 is 0 Å². The summed E-state index contributed by atoms with van der Waals surface area (Å²) in [7, 11) is 3.33. The fraction of sp³-hybridized carbons (Fsp3) is 0.342. The van der Waals surface area contributed by atoms with E-state index in [4.69, 9.17) is 37.1 Å². The van der Waals surface area contributed by atoms with Crippen LogP contribution in [-0.4, -0.2) is 43.3 Å². The summed E-state index contributed by atoms with van der Waals surface area (Å²) in [4.78, 5) is 17.9. The number of rotatable bonds is 12. The quantitative estimate of drug-likeness (QED) is 0.125. The summed E-state index contributed by atoms with van der Waals surface area (Å²) in [5.74, 6) is 4.13. The number of ether oxygens (including phenoxy) is 2. The maximum Gasteiger partial charge on any atom is 0.160 e. The van der Waals surface area contributed by atoms with E-state index in [1.807, 2.05) is 66.9 Å². The fourth-order valence-corrected chi connectivity index (χ4v) is 5.19. The molecule has 0 amide bonds. The molecular formula is C38H48ClN9O2. The van der Waals surface area contributed by atoms with Crippen molar-refractivity contribution < 1.29 is 9.47 Å². The van der Waals surface area contributed by atoms with Gasteiger partial charge in [-0.1, -0.05) is 38.1 Å². The first-order valence-electron chi connectivity index (χ1n) is 16.6. The van der Waals surface area contributed by atoms with Crippen molar-refractivity contribution >= 4 is 33.9 Å². The number of methoxy groups -OCH3 is 2. The van der Waals surface area contributed by atoms with Gasteiger partial charge in [-0.05, 0) is 72.5 Å². The summed E-state index contributed by atoms with van der Waals surface area (Å²) in [6, 6.07) is 25.4. The van der Waals surface area contributed by atoms with Gasteiger partial charge in [0.05, 0.1) is 32.7 Å². The van der Waals surface area contributed by atoms with Crippen LogP contribution >= 0.6 is 11.6 Å². The van der Waals surface area contributed by atoms with E-state index in [1.165, 1.54) is 12.5 Å². The van der Waals surface area contributed by atoms with E-state index in [0.717, 1.165) is 90.1 Å². The van der Waals surface area contributed by atoms with Crippen LogP contribution in [0.4, 0.5) is 0 Å². The molecule has 50 heavy (non-hydrogen) atoms. The van der Waals surface area contributed by atoms with Crippen LogP contribution in [0, 0.1) is 11.3 Å². The minimum absolute atomic E-state index is 0.441. The van der Waals surface area contributed by atoms with E-state index in [0.29, 0.717) is 12.4 Å². The first-order valence-corrected chi connectivity index (χ1v) is 17.1. The number of imidazole rings is 2. The maximum absolute atomic E-state index is 7.32. The molecule has 3 N–H and O–H groups in total. The third kappa shape index (κ3) is 11.6. The van der Waals surface area contributed by atoms with Crippen LogP contribution < -0.4 is 20.5 Å². The van der Waals surface area contributed by atoms with Gasteiger partial charge in [-0.15, -0.1) is 11.6 Å². The molecule has 6 aromatic rings. The van der Waals surface area contributed by atoms with Gasteiger partial charge in [-0.2, -0.15) is 5.26 Å². The molecule has 264 valence electrons. The van der Waals surface area contributed by atoms with Crippen molar-refractivity contribution in [2.45, 2.75) is 72.2 Å². The van der Waals surface area contributed by atoms with Gasteiger partial charge in [0, 0.05) is 45.5 Å². The largest absolute Gasteiger partial charge is 0.497 e. The number of hydrogen-bond acceptors (Lipinski definition) is 9. The van der Waals surface area contributed by atoms with E-state index < -0.39 is 0 Å². The summed E-state index contributed by atoms with van der Waals surface area (Å²) in [6.45, 7) is 9.71. The molecule has 0 saturated carbocycles. The van der Waals surface area contributed by atoms with Gasteiger partial charge >= 0.3 is 0 Å². The number of hydrogen-bond donors (Lipinski definition) is 2. The number of aryl methyl sites for hydroxylation is 2. The maximum atomic E-state index is 7.32. The van der Waals surface area contributed by atoms with Gasteiger partial charge < -0.3 is 29.7 Å². The summed E-state index contributed by atoms with van der Waals surface area (Å²) in [5.41, 5.74) is 11.5. The van der Waals surface area contributed by atoms with Crippen molar-refractivity contribution in [2.24, 2.45) is 5.73 Å². The number of halogens is 1. The number of aromatic nitrogens is 6. The number of pyridine rings is 2. The van der Waals surface area contributed by atoms with Crippen molar-refractivity contribution in [3.63, 3.8) is 0 Å².